The number of hydrogen-bond acceptors (Lipinski definition) is 9. The number of fused-ring (bicyclic) bond motifs is 2. The number of aliphatic carboxylic acids is 1. The molecular weight excluding hydrogens is 773 g/mol. The van der Waals surface area contributed by atoms with E-state index < -0.39 is 52.9 Å². The molecule has 0 radical (unpaired) electrons. The van der Waals surface area contributed by atoms with Crippen molar-refractivity contribution in [2.24, 2.45) is 0 Å². The average Bonchev–Trinajstić information content (AvgIpc) is 3.43. The summed E-state index contributed by atoms with van der Waals surface area (Å²) in [5.41, 5.74) is 2.82. The molecule has 4 rings (SSSR count). The standard InChI is InChI=1S/C38H48N2O12S3/c1-37(2)30-26-28(54(46,47)48)17-19-32(30)39(22-12-8-11-16-36(41)42)34(37)14-9-6-5-7-10-15-35-38(3,21-13-25-53(43,44)45)31-27-29(55(49,50)51)18-20-33(31)40(35)23-24-52-4/h5-7,9-10,14-15,17-20,26-27H,8,11-13,16,21-25H2,1-4H3,(H3-,41,42,43,44,45,46,47,48,49,50,51)/p+1. The highest BCUT2D eigenvalue weighted by molar-refractivity contribution is 7.86. The molecule has 0 aliphatic carbocycles. The van der Waals surface area contributed by atoms with Crippen LogP contribution < -0.4 is 4.90 Å². The molecule has 2 aliphatic rings. The van der Waals surface area contributed by atoms with E-state index in [0.717, 1.165) is 22.7 Å². The molecule has 300 valence electrons. The van der Waals surface area contributed by atoms with Crippen molar-refractivity contribution in [1.82, 2.24) is 0 Å². The van der Waals surface area contributed by atoms with Crippen LogP contribution in [-0.2, 0) is 50.7 Å². The normalized spacial score (nSPS) is 19.4. The zero-order chi connectivity index (χ0) is 40.8. The zero-order valence-electron chi connectivity index (χ0n) is 31.3. The lowest BCUT2D eigenvalue weighted by molar-refractivity contribution is -0.441. The number of hydrogen-bond donors (Lipinski definition) is 4. The van der Waals surface area contributed by atoms with E-state index in [-0.39, 0.29) is 29.1 Å². The average molecular weight is 822 g/mol. The second-order valence-corrected chi connectivity index (χ2v) is 18.6. The number of allylic oxidation sites excluding steroid dienone is 8. The fourth-order valence-corrected chi connectivity index (χ4v) is 8.77. The Morgan fingerprint density at radius 1 is 0.818 bits per heavy atom. The van der Waals surface area contributed by atoms with Crippen molar-refractivity contribution in [1.29, 1.82) is 0 Å². The highest BCUT2D eigenvalue weighted by atomic mass is 32.2. The summed E-state index contributed by atoms with van der Waals surface area (Å²) in [6.07, 6.45) is 15.1. The van der Waals surface area contributed by atoms with Gasteiger partial charge in [-0.1, -0.05) is 50.6 Å². The number of carboxylic acids is 1. The van der Waals surface area contributed by atoms with Crippen molar-refractivity contribution < 1.29 is 58.1 Å². The minimum atomic E-state index is -4.54. The van der Waals surface area contributed by atoms with E-state index >= 15 is 0 Å². The predicted octanol–water partition coefficient (Wildman–Crippen LogP) is 5.85. The third kappa shape index (κ3) is 10.7. The van der Waals surface area contributed by atoms with E-state index in [2.05, 4.69) is 4.90 Å². The molecule has 2 aromatic carbocycles. The Hall–Kier alpha value is -3.97. The van der Waals surface area contributed by atoms with Gasteiger partial charge in [-0.05, 0) is 74.6 Å². The molecule has 2 heterocycles. The van der Waals surface area contributed by atoms with Gasteiger partial charge in [0.2, 0.25) is 5.69 Å². The largest absolute Gasteiger partial charge is 0.481 e. The Kier molecular flexibility index (Phi) is 13.9. The monoisotopic (exact) mass is 821 g/mol. The Morgan fingerprint density at radius 2 is 1.44 bits per heavy atom. The first-order chi connectivity index (χ1) is 25.6. The van der Waals surface area contributed by atoms with Crippen LogP contribution in [0.1, 0.15) is 70.4 Å². The van der Waals surface area contributed by atoms with E-state index in [9.17, 15) is 43.7 Å². The molecular formula is C38H49N2O12S3+. The molecule has 2 aromatic rings. The predicted molar refractivity (Wildman–Crippen MR) is 209 cm³/mol. The summed E-state index contributed by atoms with van der Waals surface area (Å²) in [6.45, 7) is 7.04. The topological polar surface area (TPSA) is 216 Å². The Labute approximate surface area is 323 Å². The van der Waals surface area contributed by atoms with Gasteiger partial charge in [0.1, 0.15) is 6.61 Å². The number of nitrogens with zero attached hydrogens (tertiary/aromatic N) is 2. The summed E-state index contributed by atoms with van der Waals surface area (Å²) >= 11 is 0. The molecule has 55 heavy (non-hydrogen) atoms. The fourth-order valence-electron chi connectivity index (χ4n) is 7.25. The van der Waals surface area contributed by atoms with Crippen LogP contribution >= 0.6 is 0 Å². The Morgan fingerprint density at radius 3 is 2.05 bits per heavy atom. The van der Waals surface area contributed by atoms with Gasteiger partial charge in [0.25, 0.3) is 30.4 Å². The number of rotatable bonds is 19. The van der Waals surface area contributed by atoms with E-state index in [1.807, 2.05) is 49.7 Å². The zero-order valence-corrected chi connectivity index (χ0v) is 33.7. The van der Waals surface area contributed by atoms with Crippen LogP contribution in [0.3, 0.4) is 0 Å². The van der Waals surface area contributed by atoms with Crippen LogP contribution in [0.2, 0.25) is 0 Å². The van der Waals surface area contributed by atoms with Crippen molar-refractivity contribution in [3.05, 3.63) is 95.8 Å². The lowest BCUT2D eigenvalue weighted by Gasteiger charge is -2.27. The van der Waals surface area contributed by atoms with E-state index in [1.54, 1.807) is 37.5 Å². The molecule has 0 saturated carbocycles. The quantitative estimate of drug-likeness (QED) is 0.0567. The van der Waals surface area contributed by atoms with Crippen LogP contribution in [0.4, 0.5) is 11.4 Å². The van der Waals surface area contributed by atoms with Gasteiger partial charge < -0.3 is 14.7 Å². The van der Waals surface area contributed by atoms with Gasteiger partial charge >= 0.3 is 5.97 Å². The number of carboxylic acid groups (broad SMARTS) is 1. The van der Waals surface area contributed by atoms with E-state index in [4.69, 9.17) is 9.84 Å². The van der Waals surface area contributed by atoms with Crippen LogP contribution in [0.25, 0.3) is 0 Å². The van der Waals surface area contributed by atoms with Crippen molar-refractivity contribution in [2.45, 2.75) is 79.9 Å². The van der Waals surface area contributed by atoms with Gasteiger partial charge in [0.05, 0.1) is 21.0 Å². The van der Waals surface area contributed by atoms with Crippen LogP contribution in [-0.4, -0.2) is 92.8 Å². The number of unbranched alkanes of at least 4 members (excludes halogenated alkanes) is 2. The number of benzene rings is 2. The summed E-state index contributed by atoms with van der Waals surface area (Å²) in [7, 11) is -11.7. The smallest absolute Gasteiger partial charge is 0.303 e. The molecule has 4 N–H and O–H groups in total. The second-order valence-electron chi connectivity index (χ2n) is 14.2. The molecule has 0 spiro atoms. The first-order valence-electron chi connectivity index (χ1n) is 17.7. The summed E-state index contributed by atoms with van der Waals surface area (Å²) in [6, 6.07) is 8.79. The molecule has 0 fully saturated rings. The van der Waals surface area contributed by atoms with E-state index in [1.165, 1.54) is 24.3 Å². The second kappa shape index (κ2) is 17.4. The third-order valence-corrected chi connectivity index (χ3v) is 12.5. The summed E-state index contributed by atoms with van der Waals surface area (Å²) in [5.74, 6) is -1.34. The van der Waals surface area contributed by atoms with Gasteiger partial charge in [-0.15, -0.1) is 0 Å². The minimum absolute atomic E-state index is 0.0737. The SMILES string of the molecule is COCC[N+]1=C(/C=C/C=C/C=C/C=C2/N(CCCCCC(=O)O)c3ccc(S(=O)(=O)O)cc3C2(C)C)C(C)(CCCS(=O)(=O)O)c2cc(S(=O)(=O)O)ccc21. The van der Waals surface area contributed by atoms with Gasteiger partial charge in [-0.2, -0.15) is 29.8 Å². The molecule has 0 aromatic heterocycles. The maximum Gasteiger partial charge on any atom is 0.303 e. The lowest BCUT2D eigenvalue weighted by Crippen LogP contribution is -2.32. The number of ether oxygens (including phenoxy) is 1. The van der Waals surface area contributed by atoms with Gasteiger partial charge in [-0.3, -0.25) is 18.5 Å². The molecule has 0 saturated heterocycles. The number of methoxy groups -OCH3 is 1. The summed E-state index contributed by atoms with van der Waals surface area (Å²) in [5, 5.41) is 9.01. The first kappa shape index (κ1) is 43.8. The summed E-state index contributed by atoms with van der Waals surface area (Å²) in [4.78, 5) is 12.6. The molecule has 14 nitrogen and oxygen atoms in total. The van der Waals surface area contributed by atoms with Crippen LogP contribution in [0.5, 0.6) is 0 Å². The van der Waals surface area contributed by atoms with Crippen molar-refractivity contribution >= 4 is 53.4 Å². The van der Waals surface area contributed by atoms with Gasteiger partial charge in [0, 0.05) is 54.6 Å². The molecule has 0 amide bonds. The maximum atomic E-state index is 12.1. The number of anilines is 1. The molecule has 1 atom stereocenters. The van der Waals surface area contributed by atoms with Gasteiger partial charge in [0.15, 0.2) is 12.3 Å². The first-order valence-corrected chi connectivity index (χ1v) is 22.1. The van der Waals surface area contributed by atoms with E-state index in [0.29, 0.717) is 50.2 Å². The lowest BCUT2D eigenvalue weighted by atomic mass is 9.76. The number of carbonyl (C=O) groups is 1. The maximum absolute atomic E-state index is 12.1. The summed E-state index contributed by atoms with van der Waals surface area (Å²) < 4.78 is 107. The van der Waals surface area contributed by atoms with Crippen LogP contribution in [0, 0.1) is 0 Å². The van der Waals surface area contributed by atoms with Crippen molar-refractivity contribution in [3.63, 3.8) is 0 Å². The Bertz CT molecular complexity index is 2270. The minimum Gasteiger partial charge on any atom is -0.481 e. The molecule has 0 bridgehead atoms. The van der Waals surface area contributed by atoms with Crippen LogP contribution in [0.15, 0.2) is 94.4 Å². The fraction of sp³-hybridized carbons (Fsp3) is 0.421. The Balaban J connectivity index is 1.64. The van der Waals surface area contributed by atoms with Crippen molar-refractivity contribution in [2.75, 3.05) is 37.5 Å². The van der Waals surface area contributed by atoms with Crippen molar-refractivity contribution in [3.8, 4) is 0 Å². The highest BCUT2D eigenvalue weighted by Crippen LogP contribution is 2.49. The molecule has 2 aliphatic heterocycles. The molecule has 1 unspecified atom stereocenters. The van der Waals surface area contributed by atoms with Gasteiger partial charge in [-0.25, -0.2) is 0 Å². The molecule has 17 heteroatoms. The highest BCUT2D eigenvalue weighted by Gasteiger charge is 2.48. The third-order valence-electron chi connectivity index (χ3n) is 9.99.